The fraction of sp³-hybridized carbons (Fsp3) is 0.500. The monoisotopic (exact) mass is 510 g/mol. The van der Waals surface area contributed by atoms with Crippen molar-refractivity contribution in [2.75, 3.05) is 33.1 Å². The third-order valence-corrected chi connectivity index (χ3v) is 7.33. The van der Waals surface area contributed by atoms with Gasteiger partial charge in [0.25, 0.3) is 0 Å². The summed E-state index contributed by atoms with van der Waals surface area (Å²) in [4.78, 5) is 0. The van der Waals surface area contributed by atoms with Gasteiger partial charge in [-0.15, -0.1) is 0 Å². The molecule has 5 heteroatoms. The first-order valence-electron chi connectivity index (χ1n) is 13.6. The summed E-state index contributed by atoms with van der Waals surface area (Å²) in [5, 5.41) is 18.4. The number of rotatable bonds is 16. The molecule has 2 N–H and O–H groups in total. The van der Waals surface area contributed by atoms with Crippen LogP contribution in [0.5, 0.6) is 11.5 Å². The quantitative estimate of drug-likeness (QED) is 0.182. The molecule has 1 aliphatic rings. The van der Waals surface area contributed by atoms with Gasteiger partial charge in [0.05, 0.1) is 33.1 Å². The molecular formula is C32H43FO4. The lowest BCUT2D eigenvalue weighted by molar-refractivity contribution is 0.285. The first kappa shape index (κ1) is 28.9. The van der Waals surface area contributed by atoms with Gasteiger partial charge in [0.2, 0.25) is 0 Å². The van der Waals surface area contributed by atoms with Crippen LogP contribution >= 0.6 is 0 Å². The third-order valence-electron chi connectivity index (χ3n) is 7.33. The molecule has 2 aromatic rings. The lowest BCUT2D eigenvalue weighted by atomic mass is 9.77. The molecule has 202 valence electrons. The molecule has 2 aromatic carbocycles. The van der Waals surface area contributed by atoms with Gasteiger partial charge in [0.15, 0.2) is 0 Å². The van der Waals surface area contributed by atoms with E-state index in [4.69, 9.17) is 9.47 Å². The van der Waals surface area contributed by atoms with Crippen LogP contribution in [0.3, 0.4) is 0 Å². The van der Waals surface area contributed by atoms with Crippen molar-refractivity contribution in [1.29, 1.82) is 0 Å². The van der Waals surface area contributed by atoms with Crippen LogP contribution in [0.4, 0.5) is 4.39 Å². The molecule has 1 saturated carbocycles. The minimum Gasteiger partial charge on any atom is -0.493 e. The van der Waals surface area contributed by atoms with Crippen LogP contribution in [0.2, 0.25) is 0 Å². The van der Waals surface area contributed by atoms with E-state index in [1.165, 1.54) is 37.7 Å². The van der Waals surface area contributed by atoms with Crippen molar-refractivity contribution in [3.8, 4) is 22.6 Å². The van der Waals surface area contributed by atoms with Gasteiger partial charge >= 0.3 is 0 Å². The van der Waals surface area contributed by atoms with E-state index >= 15 is 0 Å². The van der Waals surface area contributed by atoms with Gasteiger partial charge < -0.3 is 19.7 Å². The molecule has 0 radical (unpaired) electrons. The molecule has 4 nitrogen and oxygen atoms in total. The molecule has 1 fully saturated rings. The highest BCUT2D eigenvalue weighted by molar-refractivity contribution is 5.67. The van der Waals surface area contributed by atoms with Gasteiger partial charge in [-0.1, -0.05) is 50.3 Å². The zero-order valence-corrected chi connectivity index (χ0v) is 22.1. The van der Waals surface area contributed by atoms with E-state index in [0.717, 1.165) is 34.6 Å². The summed E-state index contributed by atoms with van der Waals surface area (Å²) in [6.45, 7) is 8.23. The average molecular weight is 511 g/mol. The predicted molar refractivity (Wildman–Crippen MR) is 149 cm³/mol. The molecule has 1 aliphatic carbocycles. The second-order valence-electron chi connectivity index (χ2n) is 10.2. The Balaban J connectivity index is 1.67. The normalized spacial score (nSPS) is 17.4. The Bertz CT molecular complexity index is 937. The summed E-state index contributed by atoms with van der Waals surface area (Å²) < 4.78 is 24.3. The van der Waals surface area contributed by atoms with E-state index in [1.54, 1.807) is 0 Å². The standard InChI is InChI=1S/C32H43FO4/c1-24(22-34)14-17-36-31-19-30(20-32(21-31)37-18-15-25(2)23-35)29-12-10-28(11-13-29)27-8-6-26(7-9-27)5-3-4-16-33/h10-13,19-21,26-27,34-35H,1-9,14-18,22-23H2. The summed E-state index contributed by atoms with van der Waals surface area (Å²) in [6.07, 6.45) is 8.95. The topological polar surface area (TPSA) is 58.9 Å². The molecular weight excluding hydrogens is 467 g/mol. The summed E-state index contributed by atoms with van der Waals surface area (Å²) >= 11 is 0. The van der Waals surface area contributed by atoms with E-state index in [0.29, 0.717) is 49.9 Å². The molecule has 0 amide bonds. The molecule has 0 atom stereocenters. The fourth-order valence-corrected chi connectivity index (χ4v) is 4.95. The number of benzene rings is 2. The lowest BCUT2D eigenvalue weighted by Crippen LogP contribution is -2.13. The van der Waals surface area contributed by atoms with Crippen molar-refractivity contribution in [1.82, 2.24) is 0 Å². The maximum Gasteiger partial charge on any atom is 0.123 e. The second-order valence-corrected chi connectivity index (χ2v) is 10.2. The molecule has 0 heterocycles. The number of ether oxygens (including phenoxy) is 2. The Morgan fingerprint density at radius 3 is 1.86 bits per heavy atom. The highest BCUT2D eigenvalue weighted by Gasteiger charge is 2.22. The molecule has 3 rings (SSSR count). The Kier molecular flexibility index (Phi) is 12.2. The van der Waals surface area contributed by atoms with Gasteiger partial charge in [-0.05, 0) is 83.9 Å². The number of unbranched alkanes of at least 4 members (excludes halogenated alkanes) is 1. The molecule has 0 unspecified atom stereocenters. The number of hydrogen-bond acceptors (Lipinski definition) is 4. The van der Waals surface area contributed by atoms with Gasteiger partial charge in [-0.25, -0.2) is 0 Å². The minimum absolute atomic E-state index is 0.0420. The van der Waals surface area contributed by atoms with Gasteiger partial charge in [-0.2, -0.15) is 0 Å². The zero-order valence-electron chi connectivity index (χ0n) is 22.1. The van der Waals surface area contributed by atoms with E-state index in [2.05, 4.69) is 37.4 Å². The summed E-state index contributed by atoms with van der Waals surface area (Å²) in [5.41, 5.74) is 4.97. The number of alkyl halides is 1. The number of halogens is 1. The SMILES string of the molecule is C=C(CO)CCOc1cc(OCCC(=C)CO)cc(-c2ccc(C3CCC(CCCCF)CC3)cc2)c1. The second kappa shape index (κ2) is 15.6. The van der Waals surface area contributed by atoms with Crippen molar-refractivity contribution in [2.24, 2.45) is 5.92 Å². The van der Waals surface area contributed by atoms with Crippen LogP contribution in [-0.2, 0) is 0 Å². The van der Waals surface area contributed by atoms with E-state index in [-0.39, 0.29) is 19.9 Å². The number of aliphatic hydroxyl groups is 2. The van der Waals surface area contributed by atoms with Crippen molar-refractivity contribution in [2.45, 2.75) is 63.7 Å². The Morgan fingerprint density at radius 2 is 1.35 bits per heavy atom. The van der Waals surface area contributed by atoms with Gasteiger partial charge in [0.1, 0.15) is 11.5 Å². The average Bonchev–Trinajstić information content (AvgIpc) is 2.93. The maximum atomic E-state index is 12.4. The molecule has 0 spiro atoms. The first-order valence-corrected chi connectivity index (χ1v) is 13.6. The molecule has 0 bridgehead atoms. The first-order chi connectivity index (χ1) is 18.0. The zero-order chi connectivity index (χ0) is 26.5. The van der Waals surface area contributed by atoms with Crippen LogP contribution < -0.4 is 9.47 Å². The summed E-state index contributed by atoms with van der Waals surface area (Å²) in [6, 6.07) is 14.7. The van der Waals surface area contributed by atoms with Crippen LogP contribution in [0, 0.1) is 5.92 Å². The minimum atomic E-state index is -0.191. The molecule has 0 saturated heterocycles. The Labute approximate surface area is 221 Å². The number of hydrogen-bond donors (Lipinski definition) is 2. The molecule has 0 aromatic heterocycles. The number of aliphatic hydroxyl groups excluding tert-OH is 2. The third kappa shape index (κ3) is 9.64. The fourth-order valence-electron chi connectivity index (χ4n) is 4.95. The summed E-state index contributed by atoms with van der Waals surface area (Å²) in [7, 11) is 0. The van der Waals surface area contributed by atoms with E-state index in [9.17, 15) is 14.6 Å². The summed E-state index contributed by atoms with van der Waals surface area (Å²) in [5.74, 6) is 2.76. The van der Waals surface area contributed by atoms with Gasteiger partial charge in [0, 0.05) is 18.9 Å². The molecule has 0 aliphatic heterocycles. The van der Waals surface area contributed by atoms with Crippen LogP contribution in [0.1, 0.15) is 69.3 Å². The van der Waals surface area contributed by atoms with Crippen LogP contribution in [-0.4, -0.2) is 43.3 Å². The van der Waals surface area contributed by atoms with E-state index in [1.807, 2.05) is 18.2 Å². The van der Waals surface area contributed by atoms with Crippen molar-refractivity contribution >= 4 is 0 Å². The van der Waals surface area contributed by atoms with Crippen molar-refractivity contribution in [3.05, 3.63) is 72.3 Å². The van der Waals surface area contributed by atoms with Crippen molar-refractivity contribution in [3.63, 3.8) is 0 Å². The van der Waals surface area contributed by atoms with E-state index < -0.39 is 0 Å². The van der Waals surface area contributed by atoms with Crippen LogP contribution in [0.15, 0.2) is 66.8 Å². The maximum absolute atomic E-state index is 12.4. The predicted octanol–water partition coefficient (Wildman–Crippen LogP) is 7.40. The Morgan fingerprint density at radius 1 is 0.784 bits per heavy atom. The highest BCUT2D eigenvalue weighted by atomic mass is 19.1. The van der Waals surface area contributed by atoms with Crippen LogP contribution in [0.25, 0.3) is 11.1 Å². The van der Waals surface area contributed by atoms with Gasteiger partial charge in [-0.3, -0.25) is 4.39 Å². The largest absolute Gasteiger partial charge is 0.493 e. The smallest absolute Gasteiger partial charge is 0.123 e. The Hall–Kier alpha value is -2.63. The van der Waals surface area contributed by atoms with Crippen molar-refractivity contribution < 1.29 is 24.1 Å². The lowest BCUT2D eigenvalue weighted by Gasteiger charge is -2.29. The molecule has 37 heavy (non-hydrogen) atoms. The highest BCUT2D eigenvalue weighted by Crippen LogP contribution is 2.38.